The third-order valence-electron chi connectivity index (χ3n) is 7.53. The average molecular weight is 608 g/mol. The molecule has 0 N–H and O–H groups in total. The van der Waals surface area contributed by atoms with Gasteiger partial charge in [-0.1, -0.05) is 87.9 Å². The topological polar surface area (TPSA) is 64.6 Å². The van der Waals surface area contributed by atoms with Gasteiger partial charge in [0.15, 0.2) is 10.6 Å². The van der Waals surface area contributed by atoms with E-state index in [1.807, 2.05) is 41.0 Å². The van der Waals surface area contributed by atoms with Crippen molar-refractivity contribution in [1.82, 2.24) is 4.57 Å². The molecule has 7 rings (SSSR count). The standard InChI is InChI=1S/C33H23BrN2O3S/c1-19(37)20-6-8-22(9-7-20)28-17-15-25(39-28)18-29-32(38)36-31(23-10-13-24(34)14-11-23)27-16-12-21-4-2-3-5-26(21)30(27)35-33(36)40-29/h2-11,13-15,17-18,31H,12,16H2,1H3/b29-18+/t31-/m0/s1. The van der Waals surface area contributed by atoms with E-state index in [-0.39, 0.29) is 17.4 Å². The van der Waals surface area contributed by atoms with Crippen LogP contribution >= 0.6 is 27.3 Å². The number of furan rings is 1. The van der Waals surface area contributed by atoms with Crippen LogP contribution in [0, 0.1) is 0 Å². The number of hydrogen-bond acceptors (Lipinski definition) is 5. The van der Waals surface area contributed by atoms with E-state index >= 15 is 0 Å². The number of Topliss-reactive ketones (excluding diaryl/α,β-unsaturated/α-hetero) is 1. The van der Waals surface area contributed by atoms with Gasteiger partial charge in [-0.15, -0.1) is 0 Å². The van der Waals surface area contributed by atoms with Crippen molar-refractivity contribution in [3.05, 3.63) is 143 Å². The number of thiazole rings is 1. The van der Waals surface area contributed by atoms with E-state index in [9.17, 15) is 9.59 Å². The summed E-state index contributed by atoms with van der Waals surface area (Å²) in [6.45, 7) is 1.55. The minimum Gasteiger partial charge on any atom is -0.457 e. The molecule has 40 heavy (non-hydrogen) atoms. The Balaban J connectivity index is 1.36. The Bertz CT molecular complexity index is 2010. The van der Waals surface area contributed by atoms with E-state index in [0.717, 1.165) is 39.7 Å². The van der Waals surface area contributed by atoms with Gasteiger partial charge in [0.25, 0.3) is 5.56 Å². The molecule has 1 aliphatic carbocycles. The summed E-state index contributed by atoms with van der Waals surface area (Å²) in [6.07, 6.45) is 3.57. The van der Waals surface area contributed by atoms with Gasteiger partial charge in [0.05, 0.1) is 16.3 Å². The minimum absolute atomic E-state index is 0.0219. The van der Waals surface area contributed by atoms with Crippen molar-refractivity contribution in [2.24, 2.45) is 4.99 Å². The zero-order valence-corrected chi connectivity index (χ0v) is 24.0. The van der Waals surface area contributed by atoms with Gasteiger partial charge in [-0.2, -0.15) is 0 Å². The van der Waals surface area contributed by atoms with Crippen LogP contribution in [0.4, 0.5) is 0 Å². The smallest absolute Gasteiger partial charge is 0.271 e. The largest absolute Gasteiger partial charge is 0.457 e. The van der Waals surface area contributed by atoms with Gasteiger partial charge in [0.1, 0.15) is 11.5 Å². The lowest BCUT2D eigenvalue weighted by atomic mass is 9.83. The number of aryl methyl sites for hydroxylation is 1. The quantitative estimate of drug-likeness (QED) is 0.218. The van der Waals surface area contributed by atoms with Crippen LogP contribution < -0.4 is 14.9 Å². The number of halogens is 1. The van der Waals surface area contributed by atoms with Crippen LogP contribution in [0.3, 0.4) is 0 Å². The second-order valence-corrected chi connectivity index (χ2v) is 11.9. The highest BCUT2D eigenvalue weighted by atomic mass is 79.9. The van der Waals surface area contributed by atoms with Crippen molar-refractivity contribution in [2.75, 3.05) is 0 Å². The van der Waals surface area contributed by atoms with Crippen molar-refractivity contribution in [3.63, 3.8) is 0 Å². The van der Waals surface area contributed by atoms with E-state index in [2.05, 4.69) is 52.3 Å². The molecule has 7 heteroatoms. The van der Waals surface area contributed by atoms with Crippen LogP contribution in [0.25, 0.3) is 23.1 Å². The van der Waals surface area contributed by atoms with Gasteiger partial charge in [-0.25, -0.2) is 4.99 Å². The molecule has 1 atom stereocenters. The van der Waals surface area contributed by atoms with E-state index in [4.69, 9.17) is 9.41 Å². The van der Waals surface area contributed by atoms with Gasteiger partial charge in [-0.3, -0.25) is 14.2 Å². The van der Waals surface area contributed by atoms with Gasteiger partial charge < -0.3 is 4.42 Å². The molecule has 0 spiro atoms. The molecule has 0 saturated heterocycles. The zero-order chi connectivity index (χ0) is 27.4. The summed E-state index contributed by atoms with van der Waals surface area (Å²) in [7, 11) is 0. The molecular weight excluding hydrogens is 584 g/mol. The van der Waals surface area contributed by atoms with E-state index in [1.54, 1.807) is 25.1 Å². The number of ketones is 1. The first-order valence-corrected chi connectivity index (χ1v) is 14.7. The molecule has 0 bridgehead atoms. The lowest BCUT2D eigenvalue weighted by molar-refractivity contribution is 0.101. The number of allylic oxidation sites excluding steroid dienone is 1. The lowest BCUT2D eigenvalue weighted by Crippen LogP contribution is -2.38. The molecule has 5 nitrogen and oxygen atoms in total. The van der Waals surface area contributed by atoms with Crippen LogP contribution in [0.15, 0.2) is 109 Å². The van der Waals surface area contributed by atoms with Crippen molar-refractivity contribution in [1.29, 1.82) is 0 Å². The highest BCUT2D eigenvalue weighted by molar-refractivity contribution is 9.10. The maximum atomic E-state index is 13.9. The molecule has 0 saturated carbocycles. The fraction of sp³-hybridized carbons (Fsp3) is 0.121. The first kappa shape index (κ1) is 24.9. The van der Waals surface area contributed by atoms with Crippen molar-refractivity contribution >= 4 is 44.8 Å². The number of fused-ring (bicyclic) bond motifs is 3. The molecule has 0 fully saturated rings. The van der Waals surface area contributed by atoms with Crippen LogP contribution in [-0.4, -0.2) is 10.4 Å². The van der Waals surface area contributed by atoms with Crippen LogP contribution in [0.2, 0.25) is 0 Å². The number of benzene rings is 3. The molecule has 1 aliphatic heterocycles. The van der Waals surface area contributed by atoms with Crippen molar-refractivity contribution in [3.8, 4) is 11.3 Å². The van der Waals surface area contributed by atoms with Crippen molar-refractivity contribution < 1.29 is 9.21 Å². The molecule has 3 aromatic carbocycles. The number of hydrogen-bond donors (Lipinski definition) is 0. The fourth-order valence-corrected chi connectivity index (χ4v) is 6.80. The van der Waals surface area contributed by atoms with Crippen LogP contribution in [0.1, 0.15) is 52.2 Å². The maximum absolute atomic E-state index is 13.9. The molecular formula is C33H23BrN2O3S. The predicted octanol–water partition coefficient (Wildman–Crippen LogP) is 6.54. The molecule has 196 valence electrons. The molecule has 0 radical (unpaired) electrons. The monoisotopic (exact) mass is 606 g/mol. The maximum Gasteiger partial charge on any atom is 0.271 e. The van der Waals surface area contributed by atoms with Gasteiger partial charge >= 0.3 is 0 Å². The number of aromatic nitrogens is 1. The third kappa shape index (κ3) is 4.26. The minimum atomic E-state index is -0.221. The molecule has 5 aromatic rings. The summed E-state index contributed by atoms with van der Waals surface area (Å²) in [5.74, 6) is 1.29. The molecule has 2 aromatic heterocycles. The Morgan fingerprint density at radius 1 is 1.00 bits per heavy atom. The second-order valence-electron chi connectivity index (χ2n) is 10.0. The SMILES string of the molecule is CC(=O)c1ccc(-c2ccc(/C=c3/sc4n(c3=O)[C@@H](c3ccc(Br)cc3)C3=C(N=4)c4ccccc4CC3)o2)cc1. The van der Waals surface area contributed by atoms with Gasteiger partial charge in [0.2, 0.25) is 0 Å². The average Bonchev–Trinajstić information content (AvgIpc) is 3.57. The first-order valence-electron chi connectivity index (χ1n) is 13.1. The summed E-state index contributed by atoms with van der Waals surface area (Å²) in [6, 6.07) is 27.5. The second kappa shape index (κ2) is 9.84. The van der Waals surface area contributed by atoms with Crippen LogP contribution in [0.5, 0.6) is 0 Å². The Morgan fingerprint density at radius 3 is 2.55 bits per heavy atom. The van der Waals surface area contributed by atoms with Gasteiger partial charge in [-0.05, 0) is 60.7 Å². The summed E-state index contributed by atoms with van der Waals surface area (Å²) in [5.41, 5.74) is 7.10. The summed E-state index contributed by atoms with van der Waals surface area (Å²) < 4.78 is 9.51. The van der Waals surface area contributed by atoms with Gasteiger partial charge in [0, 0.05) is 27.2 Å². The molecule has 0 amide bonds. The van der Waals surface area contributed by atoms with Crippen LogP contribution in [-0.2, 0) is 6.42 Å². The Morgan fingerprint density at radius 2 is 1.77 bits per heavy atom. The number of nitrogens with zero attached hydrogens (tertiary/aromatic N) is 2. The number of carbonyl (C=O) groups excluding carboxylic acids is 1. The van der Waals surface area contributed by atoms with E-state index in [1.165, 1.54) is 22.5 Å². The molecule has 0 unspecified atom stereocenters. The number of rotatable bonds is 4. The summed E-state index contributed by atoms with van der Waals surface area (Å²) in [5, 5.41) is 0. The lowest BCUT2D eigenvalue weighted by Gasteiger charge is -2.30. The Hall–Kier alpha value is -4.07. The van der Waals surface area contributed by atoms with Crippen molar-refractivity contribution in [2.45, 2.75) is 25.8 Å². The number of carbonyl (C=O) groups is 1. The first-order chi connectivity index (χ1) is 19.5. The Labute approximate surface area is 242 Å². The summed E-state index contributed by atoms with van der Waals surface area (Å²) in [4.78, 5) is 31.3. The summed E-state index contributed by atoms with van der Waals surface area (Å²) >= 11 is 4.93. The predicted molar refractivity (Wildman–Crippen MR) is 161 cm³/mol. The highest BCUT2D eigenvalue weighted by Gasteiger charge is 2.32. The fourth-order valence-electron chi connectivity index (χ4n) is 5.55. The molecule has 2 aliphatic rings. The van der Waals surface area contributed by atoms with E-state index in [0.29, 0.717) is 26.4 Å². The highest BCUT2D eigenvalue weighted by Crippen LogP contribution is 2.41. The third-order valence-corrected chi connectivity index (χ3v) is 9.05. The van der Waals surface area contributed by atoms with E-state index < -0.39 is 0 Å². The molecule has 3 heterocycles. The zero-order valence-electron chi connectivity index (χ0n) is 21.6. The normalized spacial score (nSPS) is 16.2. The Kier molecular flexibility index (Phi) is 6.13.